The van der Waals surface area contributed by atoms with Gasteiger partial charge in [-0.3, -0.25) is 0 Å². The summed E-state index contributed by atoms with van der Waals surface area (Å²) in [4.78, 5) is 0. The topological polar surface area (TPSA) is 12.0 Å². The van der Waals surface area contributed by atoms with Crippen molar-refractivity contribution in [2.75, 3.05) is 11.9 Å². The van der Waals surface area contributed by atoms with E-state index in [1.165, 1.54) is 24.5 Å². The van der Waals surface area contributed by atoms with Crippen LogP contribution in [0.4, 0.5) is 10.1 Å². The van der Waals surface area contributed by atoms with Crippen molar-refractivity contribution in [2.24, 2.45) is 0 Å². The Morgan fingerprint density at radius 1 is 1.33 bits per heavy atom. The van der Waals surface area contributed by atoms with Gasteiger partial charge in [0.25, 0.3) is 0 Å². The number of halogens is 1. The Kier molecular flexibility index (Phi) is 0.978. The van der Waals surface area contributed by atoms with Crippen LogP contribution in [0.3, 0.4) is 0 Å². The van der Waals surface area contributed by atoms with E-state index in [9.17, 15) is 4.39 Å². The second-order valence-electron chi connectivity index (χ2n) is 3.82. The molecule has 1 aromatic rings. The fourth-order valence-corrected chi connectivity index (χ4v) is 2.07. The molecule has 1 N–H and O–H groups in total. The number of fused-ring (bicyclic) bond motifs is 2. The Morgan fingerprint density at radius 2 is 2.17 bits per heavy atom. The molecule has 0 radical (unpaired) electrons. The lowest BCUT2D eigenvalue weighted by molar-refractivity contribution is 0.622. The first kappa shape index (κ1) is 6.46. The van der Waals surface area contributed by atoms with E-state index in [1.807, 2.05) is 6.07 Å². The minimum absolute atomic E-state index is 0.108. The highest BCUT2D eigenvalue weighted by Gasteiger charge is 2.48. The molecule has 0 aromatic heterocycles. The zero-order valence-electron chi connectivity index (χ0n) is 6.73. The van der Waals surface area contributed by atoms with Gasteiger partial charge in [0.05, 0.1) is 0 Å². The molecule has 0 saturated heterocycles. The molecule has 0 atom stereocenters. The molecule has 12 heavy (non-hydrogen) atoms. The molecule has 1 fully saturated rings. The summed E-state index contributed by atoms with van der Waals surface area (Å²) in [6.07, 6.45) is 2.44. The molecular weight excluding hydrogens is 153 g/mol. The highest BCUT2D eigenvalue weighted by molar-refractivity contribution is 5.62. The van der Waals surface area contributed by atoms with E-state index in [1.54, 1.807) is 6.07 Å². The Morgan fingerprint density at radius 3 is 2.92 bits per heavy atom. The maximum Gasteiger partial charge on any atom is 0.123 e. The fourth-order valence-electron chi connectivity index (χ4n) is 2.07. The van der Waals surface area contributed by atoms with Crippen LogP contribution in [0.15, 0.2) is 18.2 Å². The number of rotatable bonds is 0. The molecule has 1 spiro atoms. The average Bonchev–Trinajstić information content (AvgIpc) is 2.74. The summed E-state index contributed by atoms with van der Waals surface area (Å²) >= 11 is 0. The summed E-state index contributed by atoms with van der Waals surface area (Å²) in [7, 11) is 0. The third-order valence-electron chi connectivity index (χ3n) is 3.02. The quantitative estimate of drug-likeness (QED) is 0.618. The highest BCUT2D eigenvalue weighted by Crippen LogP contribution is 2.54. The Hall–Kier alpha value is -1.05. The molecule has 62 valence electrons. The Bertz CT molecular complexity index is 342. The highest BCUT2D eigenvalue weighted by atomic mass is 19.1. The van der Waals surface area contributed by atoms with Crippen LogP contribution in [-0.2, 0) is 5.41 Å². The van der Waals surface area contributed by atoms with E-state index in [4.69, 9.17) is 0 Å². The zero-order valence-corrected chi connectivity index (χ0v) is 6.73. The van der Waals surface area contributed by atoms with Gasteiger partial charge in [0.1, 0.15) is 5.82 Å². The van der Waals surface area contributed by atoms with Crippen LogP contribution in [0.5, 0.6) is 0 Å². The van der Waals surface area contributed by atoms with Gasteiger partial charge in [0.2, 0.25) is 0 Å². The molecule has 0 bridgehead atoms. The lowest BCUT2D eigenvalue weighted by Gasteiger charge is -2.04. The lowest BCUT2D eigenvalue weighted by Crippen LogP contribution is -2.08. The van der Waals surface area contributed by atoms with Gasteiger partial charge in [0.15, 0.2) is 0 Å². The summed E-state index contributed by atoms with van der Waals surface area (Å²) in [6.45, 7) is 1.01. The van der Waals surface area contributed by atoms with Gasteiger partial charge in [-0.2, -0.15) is 0 Å². The van der Waals surface area contributed by atoms with Gasteiger partial charge in [-0.25, -0.2) is 4.39 Å². The molecule has 1 nitrogen and oxygen atoms in total. The van der Waals surface area contributed by atoms with Crippen molar-refractivity contribution in [1.29, 1.82) is 0 Å². The number of hydrogen-bond donors (Lipinski definition) is 1. The third-order valence-corrected chi connectivity index (χ3v) is 3.02. The zero-order chi connectivity index (χ0) is 8.18. The summed E-state index contributed by atoms with van der Waals surface area (Å²) in [5.74, 6) is -0.108. The molecule has 1 aliphatic heterocycles. The van der Waals surface area contributed by atoms with Crippen LogP contribution < -0.4 is 5.32 Å². The molecule has 2 aliphatic rings. The standard InChI is InChI=1S/C10H10FN/c11-7-1-2-9-8(5-7)10(3-4-10)6-12-9/h1-2,5,12H,3-4,6H2. The van der Waals surface area contributed by atoms with E-state index in [2.05, 4.69) is 5.32 Å². The Labute approximate surface area is 70.6 Å². The van der Waals surface area contributed by atoms with E-state index in [-0.39, 0.29) is 5.82 Å². The predicted molar refractivity (Wildman–Crippen MR) is 45.8 cm³/mol. The Balaban J connectivity index is 2.20. The first-order valence-electron chi connectivity index (χ1n) is 4.34. The van der Waals surface area contributed by atoms with Gasteiger partial charge in [0, 0.05) is 17.6 Å². The SMILES string of the molecule is Fc1ccc2c(c1)C1(CC1)CN2. The average molecular weight is 163 g/mol. The molecule has 3 rings (SSSR count). The van der Waals surface area contributed by atoms with Gasteiger partial charge in [-0.15, -0.1) is 0 Å². The molecule has 2 heteroatoms. The summed E-state index contributed by atoms with van der Waals surface area (Å²) in [6, 6.07) is 5.05. The normalized spacial score (nSPS) is 22.1. The van der Waals surface area contributed by atoms with Crippen LogP contribution in [-0.4, -0.2) is 6.54 Å². The first-order valence-corrected chi connectivity index (χ1v) is 4.34. The first-order chi connectivity index (χ1) is 5.80. The van der Waals surface area contributed by atoms with Crippen molar-refractivity contribution in [2.45, 2.75) is 18.3 Å². The molecule has 1 heterocycles. The van der Waals surface area contributed by atoms with Gasteiger partial charge >= 0.3 is 0 Å². The molecule has 1 aliphatic carbocycles. The van der Waals surface area contributed by atoms with Crippen molar-refractivity contribution in [1.82, 2.24) is 0 Å². The fraction of sp³-hybridized carbons (Fsp3) is 0.400. The van der Waals surface area contributed by atoms with Crippen LogP contribution >= 0.6 is 0 Å². The third kappa shape index (κ3) is 0.675. The molecule has 1 saturated carbocycles. The molecular formula is C10H10FN. The number of anilines is 1. The van der Waals surface area contributed by atoms with Crippen molar-refractivity contribution in [3.8, 4) is 0 Å². The summed E-state index contributed by atoms with van der Waals surface area (Å²) < 4.78 is 12.9. The summed E-state index contributed by atoms with van der Waals surface area (Å²) in [5, 5.41) is 3.31. The van der Waals surface area contributed by atoms with Crippen molar-refractivity contribution < 1.29 is 4.39 Å². The summed E-state index contributed by atoms with van der Waals surface area (Å²) in [5.41, 5.74) is 2.65. The monoisotopic (exact) mass is 163 g/mol. The van der Waals surface area contributed by atoms with E-state index in [0.29, 0.717) is 5.41 Å². The van der Waals surface area contributed by atoms with Gasteiger partial charge in [-0.1, -0.05) is 0 Å². The molecule has 0 amide bonds. The minimum atomic E-state index is -0.108. The second-order valence-corrected chi connectivity index (χ2v) is 3.82. The number of benzene rings is 1. The van der Waals surface area contributed by atoms with Crippen LogP contribution in [0, 0.1) is 5.82 Å². The number of hydrogen-bond acceptors (Lipinski definition) is 1. The second kappa shape index (κ2) is 1.82. The van der Waals surface area contributed by atoms with Crippen molar-refractivity contribution in [3.05, 3.63) is 29.6 Å². The largest absolute Gasteiger partial charge is 0.384 e. The maximum absolute atomic E-state index is 12.9. The van der Waals surface area contributed by atoms with E-state index < -0.39 is 0 Å². The van der Waals surface area contributed by atoms with E-state index >= 15 is 0 Å². The molecule has 1 aromatic carbocycles. The van der Waals surface area contributed by atoms with Crippen molar-refractivity contribution >= 4 is 5.69 Å². The van der Waals surface area contributed by atoms with Gasteiger partial charge < -0.3 is 5.32 Å². The van der Waals surface area contributed by atoms with Crippen molar-refractivity contribution in [3.63, 3.8) is 0 Å². The lowest BCUT2D eigenvalue weighted by atomic mass is 9.99. The van der Waals surface area contributed by atoms with E-state index in [0.717, 1.165) is 12.2 Å². The smallest absolute Gasteiger partial charge is 0.123 e. The van der Waals surface area contributed by atoms with Gasteiger partial charge in [-0.05, 0) is 36.6 Å². The van der Waals surface area contributed by atoms with Crippen LogP contribution in [0.2, 0.25) is 0 Å². The van der Waals surface area contributed by atoms with Crippen LogP contribution in [0.1, 0.15) is 18.4 Å². The predicted octanol–water partition coefficient (Wildman–Crippen LogP) is 2.28. The molecule has 0 unspecified atom stereocenters. The van der Waals surface area contributed by atoms with Crippen LogP contribution in [0.25, 0.3) is 0 Å². The number of nitrogens with one attached hydrogen (secondary N) is 1. The maximum atomic E-state index is 12.9. The minimum Gasteiger partial charge on any atom is -0.384 e.